The molecule has 7 nitrogen and oxygen atoms in total. The summed E-state index contributed by atoms with van der Waals surface area (Å²) < 4.78 is 11.3. The zero-order valence-corrected chi connectivity index (χ0v) is 15.6. The number of anilines is 1. The zero-order valence-electron chi connectivity index (χ0n) is 15.6. The number of ether oxygens (including phenoxy) is 2. The first-order valence-electron chi connectivity index (χ1n) is 9.16. The minimum atomic E-state index is -1.54. The second-order valence-corrected chi connectivity index (χ2v) is 6.93. The van der Waals surface area contributed by atoms with E-state index in [9.17, 15) is 9.59 Å². The molecule has 1 aromatic heterocycles. The van der Waals surface area contributed by atoms with Crippen LogP contribution in [0.5, 0.6) is 0 Å². The van der Waals surface area contributed by atoms with Crippen LogP contribution in [-0.2, 0) is 19.1 Å². The van der Waals surface area contributed by atoms with Crippen molar-refractivity contribution in [2.75, 3.05) is 31.6 Å². The molecule has 0 aliphatic carbocycles. The Labute approximate surface area is 163 Å². The second-order valence-electron chi connectivity index (χ2n) is 6.93. The maximum absolute atomic E-state index is 12.2. The summed E-state index contributed by atoms with van der Waals surface area (Å²) in [5.74, 6) is -2.77. The maximum Gasteiger partial charge on any atom is 0.356 e. The summed E-state index contributed by atoms with van der Waals surface area (Å²) in [6, 6.07) is 11.9. The minimum absolute atomic E-state index is 0.238. The van der Waals surface area contributed by atoms with Gasteiger partial charge in [-0.2, -0.15) is 0 Å². The van der Waals surface area contributed by atoms with E-state index in [1.807, 2.05) is 53.2 Å². The van der Waals surface area contributed by atoms with Gasteiger partial charge in [-0.1, -0.05) is 30.3 Å². The van der Waals surface area contributed by atoms with Crippen molar-refractivity contribution in [1.82, 2.24) is 9.88 Å². The van der Waals surface area contributed by atoms with Gasteiger partial charge in [-0.15, -0.1) is 0 Å². The van der Waals surface area contributed by atoms with Gasteiger partial charge >= 0.3 is 17.8 Å². The molecule has 2 aliphatic rings. The number of benzene rings is 1. The van der Waals surface area contributed by atoms with E-state index in [0.717, 1.165) is 41.9 Å². The number of aromatic nitrogens is 1. The lowest BCUT2D eigenvalue weighted by Crippen LogP contribution is -2.59. The van der Waals surface area contributed by atoms with Crippen LogP contribution >= 0.6 is 0 Å². The van der Waals surface area contributed by atoms with Gasteiger partial charge in [0.1, 0.15) is 0 Å². The van der Waals surface area contributed by atoms with Crippen molar-refractivity contribution in [3.63, 3.8) is 0 Å². The summed E-state index contributed by atoms with van der Waals surface area (Å²) in [4.78, 5) is 32.5. The number of rotatable bonds is 2. The van der Waals surface area contributed by atoms with Gasteiger partial charge in [-0.3, -0.25) is 14.8 Å². The molecule has 1 fully saturated rings. The molecule has 0 N–H and O–H groups in total. The van der Waals surface area contributed by atoms with Crippen LogP contribution in [0.2, 0.25) is 0 Å². The number of carbonyl (C=O) groups is 2. The lowest BCUT2D eigenvalue weighted by molar-refractivity contribution is -0.223. The highest BCUT2D eigenvalue weighted by Gasteiger charge is 2.48. The molecular weight excluding hydrogens is 358 g/mol. The molecule has 28 heavy (non-hydrogen) atoms. The van der Waals surface area contributed by atoms with Crippen LogP contribution in [-0.4, -0.2) is 54.4 Å². The highest BCUT2D eigenvalue weighted by molar-refractivity contribution is 5.93. The Kier molecular flexibility index (Phi) is 4.83. The number of pyridine rings is 1. The maximum atomic E-state index is 12.2. The molecule has 0 amide bonds. The summed E-state index contributed by atoms with van der Waals surface area (Å²) >= 11 is 0. The third-order valence-electron chi connectivity index (χ3n) is 4.82. The summed E-state index contributed by atoms with van der Waals surface area (Å²) in [5, 5.41) is 0. The molecule has 144 valence electrons. The van der Waals surface area contributed by atoms with E-state index in [1.165, 1.54) is 0 Å². The van der Waals surface area contributed by atoms with Gasteiger partial charge in [0, 0.05) is 30.5 Å². The van der Waals surface area contributed by atoms with Crippen molar-refractivity contribution in [3.05, 3.63) is 60.9 Å². The van der Waals surface area contributed by atoms with E-state index in [2.05, 4.69) is 4.98 Å². The van der Waals surface area contributed by atoms with Gasteiger partial charge in [0.25, 0.3) is 0 Å². The molecule has 7 heteroatoms. The van der Waals surface area contributed by atoms with E-state index < -0.39 is 17.8 Å². The molecule has 1 spiro atoms. The molecule has 3 heterocycles. The lowest BCUT2D eigenvalue weighted by Gasteiger charge is -2.41. The summed E-state index contributed by atoms with van der Waals surface area (Å²) in [5.41, 5.74) is 2.67. The highest BCUT2D eigenvalue weighted by atomic mass is 16.8. The fraction of sp³-hybridized carbons (Fsp3) is 0.286. The molecule has 1 saturated heterocycles. The molecule has 2 aromatic rings. The first kappa shape index (κ1) is 18.2. The van der Waals surface area contributed by atoms with Gasteiger partial charge in [-0.05, 0) is 31.6 Å². The molecule has 0 bridgehead atoms. The normalized spacial score (nSPS) is 19.7. The quantitative estimate of drug-likeness (QED) is 0.741. The number of hydrogen-bond acceptors (Lipinski definition) is 7. The van der Waals surface area contributed by atoms with Crippen LogP contribution in [0.25, 0.3) is 11.1 Å². The Morgan fingerprint density at radius 2 is 1.68 bits per heavy atom. The summed E-state index contributed by atoms with van der Waals surface area (Å²) in [7, 11) is 1.91. The Balaban J connectivity index is 1.77. The number of esters is 2. The van der Waals surface area contributed by atoms with E-state index in [0.29, 0.717) is 6.54 Å². The van der Waals surface area contributed by atoms with E-state index >= 15 is 0 Å². The van der Waals surface area contributed by atoms with Gasteiger partial charge in [0.15, 0.2) is 0 Å². The predicted molar refractivity (Wildman–Crippen MR) is 103 cm³/mol. The van der Waals surface area contributed by atoms with Crippen LogP contribution in [0.3, 0.4) is 0 Å². The van der Waals surface area contributed by atoms with E-state index in [1.54, 1.807) is 12.4 Å². The van der Waals surface area contributed by atoms with Crippen molar-refractivity contribution >= 4 is 17.6 Å². The topological polar surface area (TPSA) is 72.0 Å². The van der Waals surface area contributed by atoms with Crippen LogP contribution < -0.4 is 4.90 Å². The highest BCUT2D eigenvalue weighted by Crippen LogP contribution is 2.33. The Hall–Kier alpha value is -3.19. The van der Waals surface area contributed by atoms with Crippen molar-refractivity contribution in [2.45, 2.75) is 12.3 Å². The van der Waals surface area contributed by atoms with Crippen molar-refractivity contribution in [3.8, 4) is 11.1 Å². The molecule has 0 unspecified atom stereocenters. The predicted octanol–water partition coefficient (Wildman–Crippen LogP) is 2.20. The van der Waals surface area contributed by atoms with Crippen LogP contribution in [0.15, 0.2) is 60.9 Å². The van der Waals surface area contributed by atoms with Crippen molar-refractivity contribution < 1.29 is 19.1 Å². The number of likely N-dealkylation sites (N-methyl/N-ethyl adjacent to an activating group) is 1. The number of nitrogens with zero attached hydrogens (tertiary/aromatic N) is 3. The molecule has 0 radical (unpaired) electrons. The molecule has 1 aromatic carbocycles. The average Bonchev–Trinajstić information content (AvgIpc) is 2.94. The molecule has 4 rings (SSSR count). The monoisotopic (exact) mass is 379 g/mol. The van der Waals surface area contributed by atoms with E-state index in [-0.39, 0.29) is 6.54 Å². The fourth-order valence-electron chi connectivity index (χ4n) is 3.58. The Bertz CT molecular complexity index is 893. The fourth-order valence-corrected chi connectivity index (χ4v) is 3.58. The average molecular weight is 379 g/mol. The SMILES string of the molecule is CN1CCCN(c2cncc(-c3ccccc3)c2)C2(C1)OC(=O)C=CC(=O)O2. The first-order chi connectivity index (χ1) is 13.6. The van der Waals surface area contributed by atoms with E-state index in [4.69, 9.17) is 9.47 Å². The van der Waals surface area contributed by atoms with Crippen LogP contribution in [0, 0.1) is 0 Å². The Morgan fingerprint density at radius 3 is 2.39 bits per heavy atom. The molecule has 0 atom stereocenters. The van der Waals surface area contributed by atoms with Gasteiger partial charge < -0.3 is 9.47 Å². The second kappa shape index (κ2) is 7.44. The van der Waals surface area contributed by atoms with Gasteiger partial charge in [-0.25, -0.2) is 9.59 Å². The van der Waals surface area contributed by atoms with Gasteiger partial charge in [0.05, 0.1) is 18.4 Å². The summed E-state index contributed by atoms with van der Waals surface area (Å²) in [6.07, 6.45) is 6.48. The molecule has 0 saturated carbocycles. The standard InChI is InChI=1S/C21H21N3O4/c1-23-10-5-11-24(21(15-23)27-19(25)8-9-20(26)28-21)18-12-17(13-22-14-18)16-6-3-2-4-7-16/h2-4,6-9,12-14H,5,10-11,15H2,1H3. The van der Waals surface area contributed by atoms with Crippen molar-refractivity contribution in [1.29, 1.82) is 0 Å². The van der Waals surface area contributed by atoms with Crippen LogP contribution in [0.1, 0.15) is 6.42 Å². The third kappa shape index (κ3) is 3.61. The minimum Gasteiger partial charge on any atom is -0.399 e. The third-order valence-corrected chi connectivity index (χ3v) is 4.82. The van der Waals surface area contributed by atoms with Crippen molar-refractivity contribution in [2.24, 2.45) is 0 Å². The largest absolute Gasteiger partial charge is 0.399 e. The Morgan fingerprint density at radius 1 is 0.964 bits per heavy atom. The lowest BCUT2D eigenvalue weighted by atomic mass is 10.1. The number of carbonyl (C=O) groups excluding carboxylic acids is 2. The smallest absolute Gasteiger partial charge is 0.356 e. The van der Waals surface area contributed by atoms with Gasteiger partial charge in [0.2, 0.25) is 0 Å². The zero-order chi connectivity index (χ0) is 19.6. The molecule has 2 aliphatic heterocycles. The molecular formula is C21H21N3O4. The first-order valence-corrected chi connectivity index (χ1v) is 9.16. The summed E-state index contributed by atoms with van der Waals surface area (Å²) in [6.45, 7) is 1.57. The number of hydrogen-bond donors (Lipinski definition) is 0. The van der Waals surface area contributed by atoms with Crippen LogP contribution in [0.4, 0.5) is 5.69 Å².